The van der Waals surface area contributed by atoms with Crippen LogP contribution in [0, 0.1) is 0 Å². The lowest BCUT2D eigenvalue weighted by Crippen LogP contribution is -2.37. The number of nitrogens with zero attached hydrogens (tertiary/aromatic N) is 5. The number of aryl methyl sites for hydroxylation is 1. The second-order valence-corrected chi connectivity index (χ2v) is 20.2. The first-order chi connectivity index (χ1) is 36.2. The number of halogens is 1. The van der Waals surface area contributed by atoms with Gasteiger partial charge < -0.3 is 25.8 Å². The van der Waals surface area contributed by atoms with Crippen LogP contribution in [0.1, 0.15) is 88.3 Å². The summed E-state index contributed by atoms with van der Waals surface area (Å²) in [7, 11) is 4.40. The lowest BCUT2D eigenvalue weighted by molar-refractivity contribution is 0.299. The molecular formula is C68H89ClN8. The fourth-order valence-corrected chi connectivity index (χ4v) is 9.31. The molecule has 0 aliphatic heterocycles. The van der Waals surface area contributed by atoms with E-state index in [0.717, 1.165) is 58.7 Å². The van der Waals surface area contributed by atoms with Crippen LogP contribution in [0.15, 0.2) is 201 Å². The minimum Gasteiger partial charge on any atom is -0.310 e. The molecule has 9 heteroatoms. The first kappa shape index (κ1) is 63.2. The van der Waals surface area contributed by atoms with E-state index in [1.807, 2.05) is 37.2 Å². The fraction of sp³-hybridized carbons (Fsp3) is 0.338. The molecule has 77 heavy (non-hydrogen) atoms. The van der Waals surface area contributed by atoms with Gasteiger partial charge >= 0.3 is 0 Å². The molecule has 408 valence electrons. The molecule has 0 saturated heterocycles. The number of unbranched alkanes of at least 4 members (excludes halogenated alkanes) is 1. The molecule has 0 spiro atoms. The van der Waals surface area contributed by atoms with Crippen LogP contribution in [-0.2, 0) is 38.9 Å². The Hall–Kier alpha value is -6.36. The summed E-state index contributed by atoms with van der Waals surface area (Å²) in [5.41, 5.74) is 8.23. The number of nitrogens with one attached hydrogen (secondary N) is 3. The SMILES string of the molecule is C.C.C[C@H](CCCCc1ccccc1)NCc1ccc2cnccc2c1.C[C@H](CN(C)CCc1ccccc1)NCc1ccc2cnccc2c1.C[C@H](CN(C)CCc1ccccc1)NCc1ccc2cnccc2c1.Cl. The zero-order chi connectivity index (χ0) is 51.6. The van der Waals surface area contributed by atoms with Crippen molar-refractivity contribution >= 4 is 44.7 Å². The van der Waals surface area contributed by atoms with Crippen molar-refractivity contribution in [1.29, 1.82) is 0 Å². The minimum absolute atomic E-state index is 0. The van der Waals surface area contributed by atoms with Gasteiger partial charge in [-0.05, 0) is 153 Å². The normalized spacial score (nSPS) is 12.0. The second kappa shape index (κ2) is 35.1. The Labute approximate surface area is 469 Å². The first-order valence-electron chi connectivity index (χ1n) is 26.9. The van der Waals surface area contributed by atoms with Crippen molar-refractivity contribution in [2.24, 2.45) is 0 Å². The molecule has 0 fully saturated rings. The van der Waals surface area contributed by atoms with Crippen molar-refractivity contribution in [1.82, 2.24) is 40.7 Å². The molecule has 0 aliphatic carbocycles. The maximum absolute atomic E-state index is 4.17. The maximum Gasteiger partial charge on any atom is 0.0346 e. The average molecular weight is 1050 g/mol. The first-order valence-corrected chi connectivity index (χ1v) is 26.9. The summed E-state index contributed by atoms with van der Waals surface area (Å²) in [6.07, 6.45) is 18.5. The Balaban J connectivity index is 0.000000245. The predicted octanol–water partition coefficient (Wildman–Crippen LogP) is 14.6. The van der Waals surface area contributed by atoms with Gasteiger partial charge in [0.2, 0.25) is 0 Å². The van der Waals surface area contributed by atoms with Crippen molar-refractivity contribution in [3.05, 3.63) is 234 Å². The summed E-state index contributed by atoms with van der Waals surface area (Å²) in [6, 6.07) is 59.6. The molecule has 0 unspecified atom stereocenters. The number of fused-ring (bicyclic) bond motifs is 3. The number of hydrogen-bond donors (Lipinski definition) is 3. The lowest BCUT2D eigenvalue weighted by Gasteiger charge is -2.22. The summed E-state index contributed by atoms with van der Waals surface area (Å²) in [4.78, 5) is 17.3. The van der Waals surface area contributed by atoms with Gasteiger partial charge in [-0.25, -0.2) is 0 Å². The number of pyridine rings is 3. The molecule has 3 N–H and O–H groups in total. The van der Waals surface area contributed by atoms with Gasteiger partial charge in [0.15, 0.2) is 0 Å². The molecule has 3 aromatic heterocycles. The number of rotatable bonds is 24. The Morgan fingerprint density at radius 2 is 0.714 bits per heavy atom. The second-order valence-electron chi connectivity index (χ2n) is 20.2. The quantitative estimate of drug-likeness (QED) is 0.0517. The predicted molar refractivity (Wildman–Crippen MR) is 334 cm³/mol. The molecular weight excluding hydrogens is 964 g/mol. The van der Waals surface area contributed by atoms with Crippen LogP contribution >= 0.6 is 12.4 Å². The highest BCUT2D eigenvalue weighted by Gasteiger charge is 2.09. The number of benzene rings is 6. The van der Waals surface area contributed by atoms with E-state index in [-0.39, 0.29) is 27.3 Å². The van der Waals surface area contributed by atoms with Gasteiger partial charge in [0.05, 0.1) is 0 Å². The molecule has 9 rings (SSSR count). The molecule has 0 amide bonds. The maximum atomic E-state index is 4.17. The van der Waals surface area contributed by atoms with Crippen molar-refractivity contribution < 1.29 is 0 Å². The Morgan fingerprint density at radius 1 is 0.377 bits per heavy atom. The van der Waals surface area contributed by atoms with E-state index in [1.165, 1.54) is 91.4 Å². The molecule has 0 aliphatic rings. The van der Waals surface area contributed by atoms with E-state index < -0.39 is 0 Å². The van der Waals surface area contributed by atoms with Crippen LogP contribution in [0.5, 0.6) is 0 Å². The van der Waals surface area contributed by atoms with Crippen LogP contribution in [0.4, 0.5) is 0 Å². The highest BCUT2D eigenvalue weighted by atomic mass is 35.5. The van der Waals surface area contributed by atoms with E-state index >= 15 is 0 Å². The van der Waals surface area contributed by atoms with Crippen molar-refractivity contribution in [2.75, 3.05) is 40.3 Å². The highest BCUT2D eigenvalue weighted by Crippen LogP contribution is 2.18. The van der Waals surface area contributed by atoms with Gasteiger partial charge in [0.1, 0.15) is 0 Å². The Kier molecular flexibility index (Phi) is 28.8. The van der Waals surface area contributed by atoms with Gasteiger partial charge in [-0.3, -0.25) is 15.0 Å². The largest absolute Gasteiger partial charge is 0.310 e. The molecule has 0 radical (unpaired) electrons. The van der Waals surface area contributed by atoms with Crippen LogP contribution < -0.4 is 16.0 Å². The number of likely N-dealkylation sites (N-methyl/N-ethyl adjacent to an activating group) is 2. The topological polar surface area (TPSA) is 81.2 Å². The summed E-state index contributed by atoms with van der Waals surface area (Å²) in [6.45, 7) is 13.8. The summed E-state index contributed by atoms with van der Waals surface area (Å²) in [5.74, 6) is 0. The minimum atomic E-state index is 0. The van der Waals surface area contributed by atoms with Gasteiger partial charge in [-0.1, -0.05) is 149 Å². The van der Waals surface area contributed by atoms with E-state index in [1.54, 1.807) is 0 Å². The molecule has 9 aromatic rings. The number of aromatic nitrogens is 3. The number of hydrogen-bond acceptors (Lipinski definition) is 8. The molecule has 3 heterocycles. The Bertz CT molecular complexity index is 2840. The zero-order valence-electron chi connectivity index (χ0n) is 45.1. The van der Waals surface area contributed by atoms with Gasteiger partial charge in [0, 0.05) is 117 Å². The van der Waals surface area contributed by atoms with Crippen molar-refractivity contribution in [3.8, 4) is 0 Å². The summed E-state index contributed by atoms with van der Waals surface area (Å²) < 4.78 is 0. The van der Waals surface area contributed by atoms with Crippen molar-refractivity contribution in [3.63, 3.8) is 0 Å². The van der Waals surface area contributed by atoms with Crippen LogP contribution in [0.25, 0.3) is 32.3 Å². The van der Waals surface area contributed by atoms with Crippen molar-refractivity contribution in [2.45, 2.75) is 112 Å². The third kappa shape index (κ3) is 23.0. The average Bonchev–Trinajstić information content (AvgIpc) is 3.44. The molecule has 8 nitrogen and oxygen atoms in total. The van der Waals surface area contributed by atoms with Gasteiger partial charge in [-0.15, -0.1) is 12.4 Å². The zero-order valence-corrected chi connectivity index (χ0v) is 45.9. The van der Waals surface area contributed by atoms with E-state index in [9.17, 15) is 0 Å². The van der Waals surface area contributed by atoms with E-state index in [4.69, 9.17) is 0 Å². The van der Waals surface area contributed by atoms with Crippen LogP contribution in [0.3, 0.4) is 0 Å². The molecule has 6 aromatic carbocycles. The summed E-state index contributed by atoms with van der Waals surface area (Å²) in [5, 5.41) is 18.3. The molecule has 0 saturated carbocycles. The fourth-order valence-electron chi connectivity index (χ4n) is 9.31. The standard InChI is InChI=1S/2C22H27N3.C22H26N2.2CH4.ClH/c2*1-18(17-25(2)13-11-19-6-4-3-5-7-19)24-15-20-8-9-22-16-23-12-10-21(22)14-20;1-18(7-5-6-10-19-8-3-2-4-9-19)24-16-20-11-12-22-17-23-14-13-21(22)15-20;;;/h2*3-10,12,14,16,18,24H,11,13,15,17H2,1-2H3;2-4,8-9,11-15,17-18,24H,5-7,10,16H2,1H3;2*1H4;1H/t3*18-;;;/m111.../s1. The third-order valence-electron chi connectivity index (χ3n) is 13.7. The van der Waals surface area contributed by atoms with Gasteiger partial charge in [0.25, 0.3) is 0 Å². The summed E-state index contributed by atoms with van der Waals surface area (Å²) >= 11 is 0. The van der Waals surface area contributed by atoms with E-state index in [2.05, 4.69) is 239 Å². The third-order valence-corrected chi connectivity index (χ3v) is 13.7. The monoisotopic (exact) mass is 1050 g/mol. The highest BCUT2D eigenvalue weighted by molar-refractivity contribution is 5.85. The Morgan fingerprint density at radius 3 is 1.08 bits per heavy atom. The molecule has 3 atom stereocenters. The van der Waals surface area contributed by atoms with Crippen LogP contribution in [-0.4, -0.2) is 83.2 Å². The van der Waals surface area contributed by atoms with Gasteiger partial charge in [-0.2, -0.15) is 0 Å². The smallest absolute Gasteiger partial charge is 0.0346 e. The van der Waals surface area contributed by atoms with Crippen LogP contribution in [0.2, 0.25) is 0 Å². The van der Waals surface area contributed by atoms with E-state index in [0.29, 0.717) is 18.1 Å². The lowest BCUT2D eigenvalue weighted by atomic mass is 10.0. The molecule has 0 bridgehead atoms.